The van der Waals surface area contributed by atoms with Crippen LogP contribution in [0.2, 0.25) is 0 Å². The van der Waals surface area contributed by atoms with Gasteiger partial charge in [0, 0.05) is 17.9 Å². The molecule has 2 heterocycles. The molecule has 0 bridgehead atoms. The van der Waals surface area contributed by atoms with E-state index in [0.29, 0.717) is 24.4 Å². The minimum atomic E-state index is -0.127. The van der Waals surface area contributed by atoms with Crippen molar-refractivity contribution < 1.29 is 9.21 Å². The number of benzene rings is 1. The van der Waals surface area contributed by atoms with Gasteiger partial charge in [-0.15, -0.1) is 16.8 Å². The lowest BCUT2D eigenvalue weighted by Gasteiger charge is -2.07. The highest BCUT2D eigenvalue weighted by Gasteiger charge is 2.09. The van der Waals surface area contributed by atoms with Crippen LogP contribution in [0.25, 0.3) is 0 Å². The van der Waals surface area contributed by atoms with Crippen LogP contribution in [-0.4, -0.2) is 20.7 Å². The molecule has 0 radical (unpaired) electrons. The van der Waals surface area contributed by atoms with E-state index in [1.165, 1.54) is 0 Å². The van der Waals surface area contributed by atoms with E-state index in [1.807, 2.05) is 28.8 Å². The number of amides is 1. The van der Waals surface area contributed by atoms with Crippen molar-refractivity contribution in [2.24, 2.45) is 0 Å². The standard InChI is InChI=1S/C18H18N4O2S/c1-2-8-22-13-20-21-18(22)25-12-14-5-3-6-15(10-14)17(23)19-11-16-7-4-9-24-16/h2-7,9-10,13H,1,8,11-12H2,(H,19,23). The van der Waals surface area contributed by atoms with Crippen molar-refractivity contribution in [3.8, 4) is 0 Å². The average molecular weight is 354 g/mol. The zero-order chi connectivity index (χ0) is 17.5. The number of thioether (sulfide) groups is 1. The van der Waals surface area contributed by atoms with Crippen molar-refractivity contribution >= 4 is 17.7 Å². The molecule has 0 atom stereocenters. The number of nitrogens with zero attached hydrogens (tertiary/aromatic N) is 3. The first-order valence-electron chi connectivity index (χ1n) is 7.77. The lowest BCUT2D eigenvalue weighted by atomic mass is 10.1. The number of carbonyl (C=O) groups is 1. The van der Waals surface area contributed by atoms with Crippen LogP contribution >= 0.6 is 11.8 Å². The fraction of sp³-hybridized carbons (Fsp3) is 0.167. The van der Waals surface area contributed by atoms with Crippen LogP contribution in [-0.2, 0) is 18.8 Å². The SMILES string of the molecule is C=CCn1cnnc1SCc1cccc(C(=O)NCc2ccco2)c1. The van der Waals surface area contributed by atoms with Gasteiger partial charge in [-0.05, 0) is 29.8 Å². The highest BCUT2D eigenvalue weighted by Crippen LogP contribution is 2.21. The maximum atomic E-state index is 12.3. The normalized spacial score (nSPS) is 10.6. The van der Waals surface area contributed by atoms with Crippen molar-refractivity contribution in [2.75, 3.05) is 0 Å². The molecule has 3 rings (SSSR count). The van der Waals surface area contributed by atoms with E-state index in [2.05, 4.69) is 22.1 Å². The van der Waals surface area contributed by atoms with Crippen LogP contribution in [0.15, 0.2) is 71.2 Å². The highest BCUT2D eigenvalue weighted by molar-refractivity contribution is 7.98. The molecule has 0 saturated heterocycles. The van der Waals surface area contributed by atoms with Gasteiger partial charge in [0.2, 0.25) is 0 Å². The first kappa shape index (κ1) is 17.0. The van der Waals surface area contributed by atoms with Crippen LogP contribution in [0, 0.1) is 0 Å². The molecule has 0 saturated carbocycles. The predicted molar refractivity (Wildman–Crippen MR) is 96.1 cm³/mol. The molecule has 1 amide bonds. The third-order valence-electron chi connectivity index (χ3n) is 3.47. The van der Waals surface area contributed by atoms with E-state index < -0.39 is 0 Å². The summed E-state index contributed by atoms with van der Waals surface area (Å²) in [5.74, 6) is 1.30. The molecule has 0 unspecified atom stereocenters. The number of carbonyl (C=O) groups excluding carboxylic acids is 1. The van der Waals surface area contributed by atoms with E-state index in [4.69, 9.17) is 4.42 Å². The summed E-state index contributed by atoms with van der Waals surface area (Å²) < 4.78 is 7.14. The maximum absolute atomic E-state index is 12.3. The van der Waals surface area contributed by atoms with Gasteiger partial charge >= 0.3 is 0 Å². The first-order chi connectivity index (χ1) is 12.3. The summed E-state index contributed by atoms with van der Waals surface area (Å²) >= 11 is 1.57. The molecule has 25 heavy (non-hydrogen) atoms. The van der Waals surface area contributed by atoms with Gasteiger partial charge < -0.3 is 14.3 Å². The summed E-state index contributed by atoms with van der Waals surface area (Å²) in [6, 6.07) is 11.2. The number of nitrogens with one attached hydrogen (secondary N) is 1. The van der Waals surface area contributed by atoms with Crippen LogP contribution in [0.5, 0.6) is 0 Å². The van der Waals surface area contributed by atoms with Crippen LogP contribution in [0.3, 0.4) is 0 Å². The maximum Gasteiger partial charge on any atom is 0.251 e. The monoisotopic (exact) mass is 354 g/mol. The number of furan rings is 1. The smallest absolute Gasteiger partial charge is 0.251 e. The third kappa shape index (κ3) is 4.60. The third-order valence-corrected chi connectivity index (χ3v) is 4.52. The minimum Gasteiger partial charge on any atom is -0.467 e. The topological polar surface area (TPSA) is 73.0 Å². The van der Waals surface area contributed by atoms with Gasteiger partial charge in [-0.25, -0.2) is 0 Å². The molecule has 0 aliphatic carbocycles. The fourth-order valence-corrected chi connectivity index (χ4v) is 3.12. The van der Waals surface area contributed by atoms with Gasteiger partial charge in [-0.3, -0.25) is 4.79 Å². The van der Waals surface area contributed by atoms with Gasteiger partial charge in [0.05, 0.1) is 12.8 Å². The molecular weight excluding hydrogens is 336 g/mol. The molecule has 2 aromatic heterocycles. The Bertz CT molecular complexity index is 842. The van der Waals surface area contributed by atoms with E-state index in [0.717, 1.165) is 16.5 Å². The Morgan fingerprint density at radius 3 is 3.08 bits per heavy atom. The number of aromatic nitrogens is 3. The van der Waals surface area contributed by atoms with Crippen molar-refractivity contribution in [3.05, 3.63) is 78.5 Å². The quantitative estimate of drug-likeness (QED) is 0.496. The molecule has 1 N–H and O–H groups in total. The van der Waals surface area contributed by atoms with Crippen molar-refractivity contribution in [2.45, 2.75) is 24.0 Å². The fourth-order valence-electron chi connectivity index (χ4n) is 2.25. The molecule has 7 heteroatoms. The zero-order valence-electron chi connectivity index (χ0n) is 13.6. The summed E-state index contributed by atoms with van der Waals surface area (Å²) in [6.07, 6.45) is 5.07. The first-order valence-corrected chi connectivity index (χ1v) is 8.76. The molecule has 0 spiro atoms. The van der Waals surface area contributed by atoms with E-state index in [9.17, 15) is 4.79 Å². The van der Waals surface area contributed by atoms with Crippen LogP contribution in [0.4, 0.5) is 0 Å². The Morgan fingerprint density at radius 1 is 1.36 bits per heavy atom. The van der Waals surface area contributed by atoms with Crippen molar-refractivity contribution in [3.63, 3.8) is 0 Å². The Hall–Kier alpha value is -2.80. The number of rotatable bonds is 8. The van der Waals surface area contributed by atoms with E-state index in [1.54, 1.807) is 42.6 Å². The summed E-state index contributed by atoms with van der Waals surface area (Å²) in [6.45, 7) is 4.77. The second-order valence-electron chi connectivity index (χ2n) is 5.31. The van der Waals surface area contributed by atoms with Gasteiger partial charge in [0.15, 0.2) is 5.16 Å². The van der Waals surface area contributed by atoms with Crippen molar-refractivity contribution in [1.82, 2.24) is 20.1 Å². The lowest BCUT2D eigenvalue weighted by Crippen LogP contribution is -2.22. The Balaban J connectivity index is 1.59. The Labute approximate surface area is 150 Å². The highest BCUT2D eigenvalue weighted by atomic mass is 32.2. The lowest BCUT2D eigenvalue weighted by molar-refractivity contribution is 0.0948. The number of allylic oxidation sites excluding steroid dienone is 1. The summed E-state index contributed by atoms with van der Waals surface area (Å²) in [4.78, 5) is 12.3. The summed E-state index contributed by atoms with van der Waals surface area (Å²) in [5.41, 5.74) is 1.67. The molecule has 128 valence electrons. The van der Waals surface area contributed by atoms with Crippen LogP contribution in [0.1, 0.15) is 21.7 Å². The summed E-state index contributed by atoms with van der Waals surface area (Å²) in [5, 5.41) is 11.7. The van der Waals surface area contributed by atoms with Gasteiger partial charge in [-0.2, -0.15) is 0 Å². The molecule has 0 aliphatic rings. The average Bonchev–Trinajstić information content (AvgIpc) is 3.30. The molecule has 0 fully saturated rings. The molecule has 6 nitrogen and oxygen atoms in total. The second kappa shape index (κ2) is 8.34. The van der Waals surface area contributed by atoms with E-state index >= 15 is 0 Å². The van der Waals surface area contributed by atoms with Gasteiger partial charge in [0.1, 0.15) is 12.1 Å². The molecule has 1 aromatic carbocycles. The van der Waals surface area contributed by atoms with Crippen LogP contribution < -0.4 is 5.32 Å². The van der Waals surface area contributed by atoms with Gasteiger partial charge in [-0.1, -0.05) is 30.0 Å². The predicted octanol–water partition coefficient (Wildman–Crippen LogP) is 3.28. The minimum absolute atomic E-state index is 0.127. The van der Waals surface area contributed by atoms with E-state index in [-0.39, 0.29) is 5.91 Å². The van der Waals surface area contributed by atoms with Crippen molar-refractivity contribution in [1.29, 1.82) is 0 Å². The number of hydrogen-bond donors (Lipinski definition) is 1. The van der Waals surface area contributed by atoms with Gasteiger partial charge in [0.25, 0.3) is 5.91 Å². The zero-order valence-corrected chi connectivity index (χ0v) is 14.4. The Morgan fingerprint density at radius 2 is 2.28 bits per heavy atom. The Kier molecular flexibility index (Phi) is 5.69. The second-order valence-corrected chi connectivity index (χ2v) is 6.25. The molecular formula is C18H18N4O2S. The number of hydrogen-bond acceptors (Lipinski definition) is 5. The molecule has 0 aliphatic heterocycles. The molecule has 3 aromatic rings. The largest absolute Gasteiger partial charge is 0.467 e. The summed E-state index contributed by atoms with van der Waals surface area (Å²) in [7, 11) is 0.